The maximum absolute atomic E-state index is 2.47. The Balaban J connectivity index is 1.02. The van der Waals surface area contributed by atoms with Crippen molar-refractivity contribution in [2.75, 3.05) is 9.80 Å². The van der Waals surface area contributed by atoms with Gasteiger partial charge in [-0.15, -0.1) is 11.3 Å². The minimum Gasteiger partial charge on any atom is -0.310 e. The summed E-state index contributed by atoms with van der Waals surface area (Å²) in [5.74, 6) is 0. The van der Waals surface area contributed by atoms with Crippen LogP contribution in [0.4, 0.5) is 34.1 Å². The van der Waals surface area contributed by atoms with Gasteiger partial charge in [-0.25, -0.2) is 0 Å². The first-order valence-corrected chi connectivity index (χ1v) is 20.8. The van der Waals surface area contributed by atoms with Crippen molar-refractivity contribution in [3.8, 4) is 22.3 Å². The minimum atomic E-state index is -0.203. The van der Waals surface area contributed by atoms with Gasteiger partial charge in [0, 0.05) is 42.4 Å². The Kier molecular flexibility index (Phi) is 7.46. The Morgan fingerprint density at radius 1 is 0.368 bits per heavy atom. The van der Waals surface area contributed by atoms with Crippen molar-refractivity contribution in [2.24, 2.45) is 0 Å². The van der Waals surface area contributed by atoms with E-state index in [1.807, 2.05) is 11.3 Å². The highest BCUT2D eigenvalue weighted by Gasteiger charge is 2.39. The van der Waals surface area contributed by atoms with Gasteiger partial charge in [0.15, 0.2) is 0 Å². The average Bonchev–Trinajstić information content (AvgIpc) is 3.64. The van der Waals surface area contributed by atoms with E-state index in [4.69, 9.17) is 0 Å². The van der Waals surface area contributed by atoms with Gasteiger partial charge in [0.1, 0.15) is 0 Å². The van der Waals surface area contributed by atoms with Crippen LogP contribution in [-0.4, -0.2) is 0 Å². The topological polar surface area (TPSA) is 6.48 Å². The number of para-hydroxylation sites is 3. The first-order valence-electron chi connectivity index (χ1n) is 19.9. The molecule has 3 heterocycles. The molecule has 2 aliphatic heterocycles. The number of fused-ring (bicyclic) bond motifs is 7. The molecule has 0 N–H and O–H groups in total. The second-order valence-corrected chi connectivity index (χ2v) is 17.6. The number of benzene rings is 8. The third kappa shape index (κ3) is 5.08. The summed E-state index contributed by atoms with van der Waals surface area (Å²) in [6, 6.07) is 67.5. The van der Waals surface area contributed by atoms with Crippen molar-refractivity contribution in [2.45, 2.75) is 38.5 Å². The fourth-order valence-corrected chi connectivity index (χ4v) is 10.9. The van der Waals surface area contributed by atoms with E-state index in [9.17, 15) is 0 Å². The van der Waals surface area contributed by atoms with Gasteiger partial charge >= 0.3 is 0 Å². The smallest absolute Gasteiger partial charge is 0.0503 e. The molecule has 0 unspecified atom stereocenters. The molecule has 8 aromatic carbocycles. The fourth-order valence-electron chi connectivity index (χ4n) is 9.66. The zero-order chi connectivity index (χ0) is 38.5. The van der Waals surface area contributed by atoms with Crippen LogP contribution in [0.25, 0.3) is 42.4 Å². The van der Waals surface area contributed by atoms with Gasteiger partial charge in [0.05, 0.1) is 22.7 Å². The van der Waals surface area contributed by atoms with Crippen LogP contribution in [0.15, 0.2) is 182 Å². The van der Waals surface area contributed by atoms with E-state index in [1.165, 1.54) is 93.1 Å². The van der Waals surface area contributed by atoms with Crippen molar-refractivity contribution in [1.82, 2.24) is 0 Å². The largest absolute Gasteiger partial charge is 0.310 e. The van der Waals surface area contributed by atoms with Gasteiger partial charge in [0.2, 0.25) is 0 Å². The minimum absolute atomic E-state index is 0.176. The van der Waals surface area contributed by atoms with Gasteiger partial charge in [-0.2, -0.15) is 0 Å². The van der Waals surface area contributed by atoms with E-state index < -0.39 is 0 Å². The highest BCUT2D eigenvalue weighted by molar-refractivity contribution is 7.26. The van der Waals surface area contributed by atoms with Crippen LogP contribution in [0.2, 0.25) is 0 Å². The van der Waals surface area contributed by atoms with E-state index in [-0.39, 0.29) is 10.8 Å². The summed E-state index contributed by atoms with van der Waals surface area (Å²) in [5.41, 5.74) is 17.2. The molecule has 3 heteroatoms. The molecule has 2 nitrogen and oxygen atoms in total. The summed E-state index contributed by atoms with van der Waals surface area (Å²) in [4.78, 5) is 4.90. The van der Waals surface area contributed by atoms with Crippen molar-refractivity contribution in [3.63, 3.8) is 0 Å². The highest BCUT2D eigenvalue weighted by atomic mass is 32.1. The molecule has 1 aromatic heterocycles. The molecule has 0 atom stereocenters. The third-order valence-corrected chi connectivity index (χ3v) is 13.9. The lowest BCUT2D eigenvalue weighted by atomic mass is 9.71. The average molecular weight is 751 g/mol. The van der Waals surface area contributed by atoms with Crippen LogP contribution in [0.5, 0.6) is 0 Å². The number of hydrogen-bond acceptors (Lipinski definition) is 3. The Labute approximate surface area is 338 Å². The number of nitrogens with zero attached hydrogens (tertiary/aromatic N) is 2. The molecule has 0 radical (unpaired) electrons. The second-order valence-electron chi connectivity index (χ2n) is 16.6. The van der Waals surface area contributed by atoms with Gasteiger partial charge in [-0.3, -0.25) is 0 Å². The summed E-state index contributed by atoms with van der Waals surface area (Å²) in [6.07, 6.45) is 0. The Morgan fingerprint density at radius 2 is 0.842 bits per heavy atom. The van der Waals surface area contributed by atoms with Gasteiger partial charge in [-0.05, 0) is 111 Å². The van der Waals surface area contributed by atoms with Crippen LogP contribution in [-0.2, 0) is 10.8 Å². The molecule has 57 heavy (non-hydrogen) atoms. The Bertz CT molecular complexity index is 3020. The molecule has 0 saturated carbocycles. The molecule has 0 aliphatic carbocycles. The zero-order valence-corrected chi connectivity index (χ0v) is 33.4. The van der Waals surface area contributed by atoms with E-state index in [0.717, 1.165) is 5.69 Å². The van der Waals surface area contributed by atoms with E-state index in [2.05, 4.69) is 219 Å². The molecule has 0 amide bonds. The van der Waals surface area contributed by atoms with Gasteiger partial charge < -0.3 is 9.80 Å². The Hall–Kier alpha value is -6.42. The van der Waals surface area contributed by atoms with E-state index in [0.29, 0.717) is 0 Å². The summed E-state index contributed by atoms with van der Waals surface area (Å²) >= 11 is 1.89. The maximum Gasteiger partial charge on any atom is 0.0503 e. The third-order valence-electron chi connectivity index (χ3n) is 12.6. The number of hydrogen-bond donors (Lipinski definition) is 0. The normalized spacial score (nSPS) is 14.9. The maximum atomic E-state index is 2.47. The first kappa shape index (κ1) is 33.9. The van der Waals surface area contributed by atoms with Crippen molar-refractivity contribution in [3.05, 3.63) is 204 Å². The van der Waals surface area contributed by atoms with Crippen molar-refractivity contribution >= 4 is 65.6 Å². The van der Waals surface area contributed by atoms with Crippen molar-refractivity contribution < 1.29 is 0 Å². The summed E-state index contributed by atoms with van der Waals surface area (Å²) in [6.45, 7) is 9.50. The predicted molar refractivity (Wildman–Crippen MR) is 244 cm³/mol. The van der Waals surface area contributed by atoms with Crippen LogP contribution in [0.1, 0.15) is 49.9 Å². The molecular weight excluding hydrogens is 709 g/mol. The number of thiophene rings is 1. The number of rotatable bonds is 4. The lowest BCUT2D eigenvalue weighted by Gasteiger charge is -2.43. The lowest BCUT2D eigenvalue weighted by molar-refractivity contribution is 0.631. The molecule has 0 bridgehead atoms. The molecule has 11 rings (SSSR count). The number of anilines is 6. The SMILES string of the molecule is CC1(C)c2ccccc2N(c2ccccc2)c2ccc(-c3ccc4c(c3)C(C)(C)c3ccccc3N4c3ccc(-c4cccc5c4sc4ccccc45)cc3)cc21. The molecule has 274 valence electrons. The fraction of sp³-hybridized carbons (Fsp3) is 0.111. The monoisotopic (exact) mass is 750 g/mol. The molecule has 0 fully saturated rings. The standard InChI is InChI=1S/C54H42N2S/c1-53(2)43-20-9-11-22-47(43)55(38-15-6-5-7-16-38)49-31-27-36(33-45(49)53)37-28-32-50-46(34-37)54(3,4)44-21-10-12-23-48(44)56(50)39-29-25-35(26-30-39)40-18-14-19-42-41-17-8-13-24-51(41)57-52(40)42/h5-34H,1-4H3. The quantitative estimate of drug-likeness (QED) is 0.177. The molecule has 2 aliphatic rings. The lowest BCUT2D eigenvalue weighted by Crippen LogP contribution is -2.31. The van der Waals surface area contributed by atoms with Crippen LogP contribution in [0.3, 0.4) is 0 Å². The summed E-state index contributed by atoms with van der Waals surface area (Å²) in [7, 11) is 0. The summed E-state index contributed by atoms with van der Waals surface area (Å²) < 4.78 is 2.68. The molecule has 0 spiro atoms. The first-order chi connectivity index (χ1) is 27.8. The molecular formula is C54H42N2S. The van der Waals surface area contributed by atoms with E-state index in [1.54, 1.807) is 0 Å². The van der Waals surface area contributed by atoms with Gasteiger partial charge in [0.25, 0.3) is 0 Å². The van der Waals surface area contributed by atoms with Crippen LogP contribution >= 0.6 is 11.3 Å². The Morgan fingerprint density at radius 3 is 1.46 bits per heavy atom. The van der Waals surface area contributed by atoms with Crippen molar-refractivity contribution in [1.29, 1.82) is 0 Å². The van der Waals surface area contributed by atoms with Crippen LogP contribution in [0, 0.1) is 0 Å². The zero-order valence-electron chi connectivity index (χ0n) is 32.6. The molecule has 0 saturated heterocycles. The second kappa shape index (κ2) is 12.5. The molecule has 9 aromatic rings. The van der Waals surface area contributed by atoms with Gasteiger partial charge in [-0.1, -0.05) is 143 Å². The summed E-state index contributed by atoms with van der Waals surface area (Å²) in [5, 5.41) is 2.66. The van der Waals surface area contributed by atoms with Crippen LogP contribution < -0.4 is 9.80 Å². The highest BCUT2D eigenvalue weighted by Crippen LogP contribution is 2.55. The van der Waals surface area contributed by atoms with E-state index >= 15 is 0 Å². The predicted octanol–water partition coefficient (Wildman–Crippen LogP) is 15.6.